The van der Waals surface area contributed by atoms with E-state index in [2.05, 4.69) is 32.8 Å². The molecule has 2 saturated heterocycles. The fourth-order valence-corrected chi connectivity index (χ4v) is 2.38. The van der Waals surface area contributed by atoms with Gasteiger partial charge in [-0.2, -0.15) is 5.10 Å². The van der Waals surface area contributed by atoms with Crippen LogP contribution in [0.1, 0.15) is 52.0 Å². The molecule has 2 aliphatic rings. The first-order chi connectivity index (χ1) is 8.89. The van der Waals surface area contributed by atoms with E-state index < -0.39 is 0 Å². The molecule has 2 fully saturated rings. The Balaban J connectivity index is 1.77. The maximum Gasteiger partial charge on any atom is 0.188 e. The molecular weight excluding hydrogens is 244 g/mol. The van der Waals surface area contributed by atoms with Crippen LogP contribution in [0.5, 0.6) is 0 Å². The van der Waals surface area contributed by atoms with Gasteiger partial charge in [0.15, 0.2) is 6.29 Å². The topological polar surface area (TPSA) is 45.5 Å². The van der Waals surface area contributed by atoms with Crippen LogP contribution in [0.3, 0.4) is 0 Å². The van der Waals surface area contributed by atoms with Crippen LogP contribution in [0.2, 0.25) is 0 Å². The summed E-state index contributed by atoms with van der Waals surface area (Å²) in [5, 5.41) is 4.41. The normalized spacial score (nSPS) is 30.0. The highest BCUT2D eigenvalue weighted by Crippen LogP contribution is 2.44. The summed E-state index contributed by atoms with van der Waals surface area (Å²) in [5.41, 5.74) is 0.359. The first-order valence-corrected chi connectivity index (χ1v) is 6.86. The van der Waals surface area contributed by atoms with Crippen LogP contribution in [-0.2, 0) is 14.2 Å². The van der Waals surface area contributed by atoms with E-state index >= 15 is 0 Å². The Kier molecular flexibility index (Phi) is 2.96. The molecule has 0 bridgehead atoms. The van der Waals surface area contributed by atoms with E-state index in [0.717, 1.165) is 25.2 Å². The highest BCUT2D eigenvalue weighted by Gasteiger charge is 2.49. The van der Waals surface area contributed by atoms with Gasteiger partial charge in [0.25, 0.3) is 0 Å². The summed E-state index contributed by atoms with van der Waals surface area (Å²) >= 11 is 0. The van der Waals surface area contributed by atoms with Gasteiger partial charge in [0.2, 0.25) is 0 Å². The van der Waals surface area contributed by atoms with E-state index in [4.69, 9.17) is 14.2 Å². The first-order valence-electron chi connectivity index (χ1n) is 6.86. The van der Waals surface area contributed by atoms with Gasteiger partial charge in [0, 0.05) is 18.4 Å². The lowest BCUT2D eigenvalue weighted by Crippen LogP contribution is -2.41. The van der Waals surface area contributed by atoms with Gasteiger partial charge in [-0.15, -0.1) is 0 Å². The number of aromatic nitrogens is 2. The smallest absolute Gasteiger partial charge is 0.188 e. The molecule has 3 heterocycles. The summed E-state index contributed by atoms with van der Waals surface area (Å²) in [7, 11) is 0. The van der Waals surface area contributed by atoms with E-state index in [0.29, 0.717) is 6.04 Å². The fraction of sp³-hybridized carbons (Fsp3) is 0.786. The van der Waals surface area contributed by atoms with Crippen molar-refractivity contribution in [1.82, 2.24) is 9.78 Å². The number of nitrogens with zero attached hydrogens (tertiary/aromatic N) is 2. The van der Waals surface area contributed by atoms with Crippen LogP contribution in [-0.4, -0.2) is 34.2 Å². The molecule has 0 aliphatic carbocycles. The fourth-order valence-electron chi connectivity index (χ4n) is 2.38. The van der Waals surface area contributed by atoms with Gasteiger partial charge in [0.1, 0.15) is 0 Å². The van der Waals surface area contributed by atoms with Gasteiger partial charge in [-0.3, -0.25) is 4.68 Å². The number of rotatable bonds is 2. The second-order valence-electron chi connectivity index (χ2n) is 6.36. The third kappa shape index (κ3) is 2.20. The average Bonchev–Trinajstić information content (AvgIpc) is 3.00. The zero-order chi connectivity index (χ0) is 13.7. The van der Waals surface area contributed by atoms with Crippen molar-refractivity contribution in [2.75, 3.05) is 13.2 Å². The van der Waals surface area contributed by atoms with E-state index in [-0.39, 0.29) is 17.5 Å². The molecule has 2 aliphatic heterocycles. The van der Waals surface area contributed by atoms with Crippen LogP contribution in [0.15, 0.2) is 12.4 Å². The average molecular weight is 266 g/mol. The molecule has 5 nitrogen and oxygen atoms in total. The zero-order valence-electron chi connectivity index (χ0n) is 12.0. The minimum Gasteiger partial charge on any atom is -0.379 e. The molecule has 5 heteroatoms. The van der Waals surface area contributed by atoms with Crippen LogP contribution in [0.25, 0.3) is 0 Å². The number of hydrogen-bond acceptors (Lipinski definition) is 4. The monoisotopic (exact) mass is 266 g/mol. The molecular formula is C14H22N2O3. The van der Waals surface area contributed by atoms with Crippen LogP contribution in [0, 0.1) is 0 Å². The van der Waals surface area contributed by atoms with Crippen molar-refractivity contribution in [2.24, 2.45) is 0 Å². The predicted octanol–water partition coefficient (Wildman–Crippen LogP) is 2.45. The van der Waals surface area contributed by atoms with Crippen molar-refractivity contribution in [2.45, 2.75) is 57.6 Å². The van der Waals surface area contributed by atoms with Crippen LogP contribution < -0.4 is 0 Å². The van der Waals surface area contributed by atoms with Crippen molar-refractivity contribution in [3.63, 3.8) is 0 Å². The molecule has 1 aromatic rings. The summed E-state index contributed by atoms with van der Waals surface area (Å²) < 4.78 is 19.4. The van der Waals surface area contributed by atoms with Crippen molar-refractivity contribution in [3.05, 3.63) is 18.0 Å². The molecule has 1 unspecified atom stereocenters. The lowest BCUT2D eigenvalue weighted by atomic mass is 9.90. The molecule has 0 radical (unpaired) electrons. The maximum atomic E-state index is 6.02. The Morgan fingerprint density at radius 1 is 1.21 bits per heavy atom. The standard InChI is InChI=1S/C14H22N2O3/c1-13(2)14(3,4)19-12(18-13)10-7-15-16(8-10)11-5-6-17-9-11/h7-8,11-12H,5-6,9H2,1-4H3. The second-order valence-corrected chi connectivity index (χ2v) is 6.36. The molecule has 1 atom stereocenters. The molecule has 0 amide bonds. The molecule has 0 spiro atoms. The summed E-state index contributed by atoms with van der Waals surface area (Å²) in [5.74, 6) is 0. The van der Waals surface area contributed by atoms with E-state index in [1.807, 2.05) is 17.1 Å². The van der Waals surface area contributed by atoms with E-state index in [1.165, 1.54) is 0 Å². The number of ether oxygens (including phenoxy) is 3. The van der Waals surface area contributed by atoms with E-state index in [9.17, 15) is 0 Å². The van der Waals surface area contributed by atoms with Crippen molar-refractivity contribution < 1.29 is 14.2 Å². The minimum atomic E-state index is -0.332. The predicted molar refractivity (Wildman–Crippen MR) is 69.8 cm³/mol. The molecule has 3 rings (SSSR count). The lowest BCUT2D eigenvalue weighted by molar-refractivity contribution is -0.0896. The molecule has 1 aromatic heterocycles. The van der Waals surface area contributed by atoms with Gasteiger partial charge in [-0.25, -0.2) is 0 Å². The van der Waals surface area contributed by atoms with Crippen LogP contribution in [0.4, 0.5) is 0 Å². The molecule has 106 valence electrons. The summed E-state index contributed by atoms with van der Waals surface area (Å²) in [6.07, 6.45) is 4.54. The zero-order valence-corrected chi connectivity index (χ0v) is 12.0. The lowest BCUT2D eigenvalue weighted by Gasteiger charge is -2.30. The highest BCUT2D eigenvalue weighted by molar-refractivity contribution is 5.11. The summed E-state index contributed by atoms with van der Waals surface area (Å²) in [6.45, 7) is 9.79. The Hall–Kier alpha value is -0.910. The van der Waals surface area contributed by atoms with Crippen molar-refractivity contribution in [1.29, 1.82) is 0 Å². The Bertz CT molecular complexity index is 445. The maximum absolute atomic E-state index is 6.02. The second kappa shape index (κ2) is 4.30. The highest BCUT2D eigenvalue weighted by atomic mass is 16.7. The Labute approximate surface area is 113 Å². The van der Waals surface area contributed by atoms with Crippen molar-refractivity contribution >= 4 is 0 Å². The van der Waals surface area contributed by atoms with Gasteiger partial charge in [0.05, 0.1) is 30.0 Å². The largest absolute Gasteiger partial charge is 0.379 e. The van der Waals surface area contributed by atoms with Gasteiger partial charge in [-0.1, -0.05) is 0 Å². The third-order valence-electron chi connectivity index (χ3n) is 4.43. The number of hydrogen-bond donors (Lipinski definition) is 0. The Morgan fingerprint density at radius 3 is 2.47 bits per heavy atom. The van der Waals surface area contributed by atoms with Crippen molar-refractivity contribution in [3.8, 4) is 0 Å². The van der Waals surface area contributed by atoms with E-state index in [1.54, 1.807) is 0 Å². The Morgan fingerprint density at radius 2 is 1.89 bits per heavy atom. The van der Waals surface area contributed by atoms with Gasteiger partial charge in [-0.05, 0) is 34.1 Å². The van der Waals surface area contributed by atoms with Crippen LogP contribution >= 0.6 is 0 Å². The molecule has 0 N–H and O–H groups in total. The SMILES string of the molecule is CC1(C)OC(c2cnn(C3CCOC3)c2)OC1(C)C. The first kappa shape index (κ1) is 13.1. The van der Waals surface area contributed by atoms with Gasteiger partial charge >= 0.3 is 0 Å². The summed E-state index contributed by atoms with van der Waals surface area (Å²) in [6, 6.07) is 0.344. The third-order valence-corrected chi connectivity index (χ3v) is 4.43. The molecule has 0 aromatic carbocycles. The summed E-state index contributed by atoms with van der Waals surface area (Å²) in [4.78, 5) is 0. The molecule has 0 saturated carbocycles. The molecule has 19 heavy (non-hydrogen) atoms. The van der Waals surface area contributed by atoms with Gasteiger partial charge < -0.3 is 14.2 Å². The quantitative estimate of drug-likeness (QED) is 0.825. The minimum absolute atomic E-state index is 0.309.